The molecule has 1 aromatic heterocycles. The summed E-state index contributed by atoms with van der Waals surface area (Å²) in [6.45, 7) is 5.18. The number of halogens is 3. The van der Waals surface area contributed by atoms with Gasteiger partial charge < -0.3 is 4.52 Å². The maximum absolute atomic E-state index is 13.0. The van der Waals surface area contributed by atoms with Crippen molar-refractivity contribution in [2.45, 2.75) is 33.4 Å². The molecule has 7 heteroatoms. The number of alkyl halides is 3. The third kappa shape index (κ3) is 4.60. The number of hydrogen-bond acceptors (Lipinski definition) is 4. The van der Waals surface area contributed by atoms with E-state index in [-0.39, 0.29) is 5.69 Å². The predicted octanol–water partition coefficient (Wildman–Crippen LogP) is 5.74. The Morgan fingerprint density at radius 2 is 1.82 bits per heavy atom. The molecular weight excluding hydrogens is 367 g/mol. The van der Waals surface area contributed by atoms with Crippen molar-refractivity contribution in [3.63, 3.8) is 0 Å². The first-order chi connectivity index (χ1) is 13.2. The van der Waals surface area contributed by atoms with Gasteiger partial charge in [0.1, 0.15) is 5.76 Å². The zero-order valence-electron chi connectivity index (χ0n) is 15.8. The van der Waals surface area contributed by atoms with Gasteiger partial charge in [-0.15, -0.1) is 0 Å². The second kappa shape index (κ2) is 7.88. The van der Waals surface area contributed by atoms with E-state index in [1.807, 2.05) is 30.3 Å². The fourth-order valence-corrected chi connectivity index (χ4v) is 3.00. The monoisotopic (exact) mass is 387 g/mol. The van der Waals surface area contributed by atoms with Gasteiger partial charge in [0.2, 0.25) is 0 Å². The quantitative estimate of drug-likeness (QED) is 0.449. The van der Waals surface area contributed by atoms with Gasteiger partial charge in [0, 0.05) is 6.42 Å². The minimum absolute atomic E-state index is 0.269. The average molecular weight is 387 g/mol. The molecule has 0 saturated heterocycles. The molecule has 0 aliphatic rings. The van der Waals surface area contributed by atoms with Gasteiger partial charge in [-0.3, -0.25) is 5.43 Å². The summed E-state index contributed by atoms with van der Waals surface area (Å²) in [5.74, 6) is 0.659. The smallest absolute Gasteiger partial charge is 0.360 e. The Kier molecular flexibility index (Phi) is 5.53. The van der Waals surface area contributed by atoms with E-state index < -0.39 is 11.7 Å². The van der Waals surface area contributed by atoms with E-state index in [9.17, 15) is 13.2 Å². The van der Waals surface area contributed by atoms with E-state index in [4.69, 9.17) is 4.52 Å². The number of benzene rings is 2. The summed E-state index contributed by atoms with van der Waals surface area (Å²) in [5, 5.41) is 8.28. The summed E-state index contributed by atoms with van der Waals surface area (Å²) in [5.41, 5.74) is 5.85. The number of aromatic nitrogens is 1. The average Bonchev–Trinajstić information content (AvgIpc) is 3.00. The SMILES string of the molecule is C/C(=N\Nc1cc(C)cc(C(F)(F)F)c1)c1c(C)noc1Cc1ccccc1. The number of aryl methyl sites for hydroxylation is 2. The molecule has 0 atom stereocenters. The molecule has 2 aromatic carbocycles. The number of hydrogen-bond donors (Lipinski definition) is 1. The Hall–Kier alpha value is -3.09. The molecule has 0 aliphatic carbocycles. The lowest BCUT2D eigenvalue weighted by Gasteiger charge is -2.11. The highest BCUT2D eigenvalue weighted by molar-refractivity contribution is 6.00. The van der Waals surface area contributed by atoms with Crippen LogP contribution in [0.2, 0.25) is 0 Å². The highest BCUT2D eigenvalue weighted by atomic mass is 19.4. The third-order valence-corrected chi connectivity index (χ3v) is 4.26. The van der Waals surface area contributed by atoms with Crippen molar-refractivity contribution < 1.29 is 17.7 Å². The van der Waals surface area contributed by atoms with Crippen molar-refractivity contribution in [2.75, 3.05) is 5.43 Å². The molecular formula is C21H20F3N3O. The largest absolute Gasteiger partial charge is 0.416 e. The van der Waals surface area contributed by atoms with Crippen molar-refractivity contribution in [2.24, 2.45) is 5.10 Å². The van der Waals surface area contributed by atoms with Crippen LogP contribution >= 0.6 is 0 Å². The highest BCUT2D eigenvalue weighted by Crippen LogP contribution is 2.32. The predicted molar refractivity (Wildman–Crippen MR) is 103 cm³/mol. The van der Waals surface area contributed by atoms with Crippen LogP contribution in [0.5, 0.6) is 0 Å². The molecule has 0 fully saturated rings. The number of anilines is 1. The van der Waals surface area contributed by atoms with Gasteiger partial charge in [-0.25, -0.2) is 0 Å². The minimum Gasteiger partial charge on any atom is -0.360 e. The number of hydrazone groups is 1. The standard InChI is InChI=1S/C21H20F3N3O/c1-13-9-17(21(22,23)24)12-18(10-13)26-25-14(2)20-15(3)27-28-19(20)11-16-7-5-4-6-8-16/h4-10,12,26H,11H2,1-3H3/b25-14+. The van der Waals surface area contributed by atoms with Gasteiger partial charge in [-0.05, 0) is 50.1 Å². The molecule has 1 N–H and O–H groups in total. The first-order valence-corrected chi connectivity index (χ1v) is 8.72. The van der Waals surface area contributed by atoms with Gasteiger partial charge >= 0.3 is 6.18 Å². The van der Waals surface area contributed by atoms with Crippen LogP contribution in [0.15, 0.2) is 58.2 Å². The summed E-state index contributed by atoms with van der Waals surface area (Å²) in [4.78, 5) is 0. The van der Waals surface area contributed by atoms with Gasteiger partial charge in [0.15, 0.2) is 0 Å². The van der Waals surface area contributed by atoms with Crippen LogP contribution < -0.4 is 5.43 Å². The molecule has 28 heavy (non-hydrogen) atoms. The van der Waals surface area contributed by atoms with Crippen molar-refractivity contribution in [3.8, 4) is 0 Å². The van der Waals surface area contributed by atoms with Crippen LogP contribution in [0.3, 0.4) is 0 Å². The molecule has 0 aliphatic heterocycles. The fraction of sp³-hybridized carbons (Fsp3) is 0.238. The summed E-state index contributed by atoms with van der Waals surface area (Å²) >= 11 is 0. The van der Waals surface area contributed by atoms with Gasteiger partial charge in [0.25, 0.3) is 0 Å². The topological polar surface area (TPSA) is 50.4 Å². The lowest BCUT2D eigenvalue weighted by atomic mass is 10.0. The zero-order chi connectivity index (χ0) is 20.3. The zero-order valence-corrected chi connectivity index (χ0v) is 15.8. The van der Waals surface area contributed by atoms with Crippen molar-refractivity contribution in [3.05, 3.63) is 82.2 Å². The second-order valence-electron chi connectivity index (χ2n) is 6.62. The summed E-state index contributed by atoms with van der Waals surface area (Å²) in [6.07, 6.45) is -3.86. The normalized spacial score (nSPS) is 12.3. The van der Waals surface area contributed by atoms with Gasteiger partial charge in [-0.2, -0.15) is 18.3 Å². The van der Waals surface area contributed by atoms with Crippen molar-refractivity contribution in [1.29, 1.82) is 0 Å². The third-order valence-electron chi connectivity index (χ3n) is 4.26. The summed E-state index contributed by atoms with van der Waals surface area (Å²) < 4.78 is 44.4. The second-order valence-corrected chi connectivity index (χ2v) is 6.62. The number of rotatable bonds is 5. The summed E-state index contributed by atoms with van der Waals surface area (Å²) in [6, 6.07) is 13.5. The molecule has 0 bridgehead atoms. The maximum Gasteiger partial charge on any atom is 0.416 e. The lowest BCUT2D eigenvalue weighted by molar-refractivity contribution is -0.137. The number of nitrogens with zero attached hydrogens (tertiary/aromatic N) is 2. The van der Waals surface area contributed by atoms with E-state index in [1.165, 1.54) is 0 Å². The van der Waals surface area contributed by atoms with E-state index >= 15 is 0 Å². The van der Waals surface area contributed by atoms with Gasteiger partial charge in [0.05, 0.1) is 28.2 Å². The van der Waals surface area contributed by atoms with Crippen LogP contribution in [-0.2, 0) is 12.6 Å². The molecule has 1 heterocycles. The van der Waals surface area contributed by atoms with Gasteiger partial charge in [-0.1, -0.05) is 35.5 Å². The van der Waals surface area contributed by atoms with E-state index in [2.05, 4.69) is 15.7 Å². The molecule has 3 aromatic rings. The molecule has 0 unspecified atom stereocenters. The molecule has 0 saturated carbocycles. The molecule has 146 valence electrons. The summed E-state index contributed by atoms with van der Waals surface area (Å²) in [7, 11) is 0. The molecule has 4 nitrogen and oxygen atoms in total. The Bertz CT molecular complexity index is 992. The Morgan fingerprint density at radius 3 is 2.50 bits per heavy atom. The van der Waals surface area contributed by atoms with E-state index in [0.717, 1.165) is 23.3 Å². The van der Waals surface area contributed by atoms with E-state index in [0.29, 0.717) is 29.2 Å². The lowest BCUT2D eigenvalue weighted by Crippen LogP contribution is -2.07. The molecule has 0 spiro atoms. The fourth-order valence-electron chi connectivity index (χ4n) is 3.00. The first-order valence-electron chi connectivity index (χ1n) is 8.72. The van der Waals surface area contributed by atoms with Crippen LogP contribution in [0.25, 0.3) is 0 Å². The van der Waals surface area contributed by atoms with Crippen LogP contribution in [0.1, 0.15) is 40.6 Å². The number of nitrogens with one attached hydrogen (secondary N) is 1. The van der Waals surface area contributed by atoms with E-state index in [1.54, 1.807) is 26.8 Å². The molecule has 3 rings (SSSR count). The van der Waals surface area contributed by atoms with Crippen LogP contribution in [0.4, 0.5) is 18.9 Å². The Labute approximate surface area is 161 Å². The molecule has 0 amide bonds. The van der Waals surface area contributed by atoms with Crippen molar-refractivity contribution >= 4 is 11.4 Å². The highest BCUT2D eigenvalue weighted by Gasteiger charge is 2.30. The minimum atomic E-state index is -4.41. The maximum atomic E-state index is 13.0. The van der Waals surface area contributed by atoms with Crippen LogP contribution in [-0.4, -0.2) is 10.9 Å². The Morgan fingerprint density at radius 1 is 1.11 bits per heavy atom. The molecule has 0 radical (unpaired) electrons. The Balaban J connectivity index is 1.85. The first kappa shape index (κ1) is 19.7. The van der Waals surface area contributed by atoms with Crippen LogP contribution in [0, 0.1) is 13.8 Å². The van der Waals surface area contributed by atoms with Crippen molar-refractivity contribution in [1.82, 2.24) is 5.16 Å².